The number of likely N-dealkylation sites (N-methyl/N-ethyl adjacent to an activating group) is 1. The number of para-hydroxylation sites is 1. The van der Waals surface area contributed by atoms with Gasteiger partial charge in [-0.15, -0.1) is 0 Å². The maximum Gasteiger partial charge on any atom is 0.226 e. The minimum atomic E-state index is 0.200. The minimum absolute atomic E-state index is 0.200. The molecule has 168 valence electrons. The van der Waals surface area contributed by atoms with Crippen LogP contribution in [0.15, 0.2) is 42.6 Å². The highest BCUT2D eigenvalue weighted by Gasteiger charge is 2.27. The van der Waals surface area contributed by atoms with Crippen LogP contribution in [-0.4, -0.2) is 76.7 Å². The van der Waals surface area contributed by atoms with Gasteiger partial charge in [0.1, 0.15) is 0 Å². The molecule has 1 saturated heterocycles. The van der Waals surface area contributed by atoms with Crippen LogP contribution in [0.5, 0.6) is 0 Å². The number of aromatic nitrogens is 2. The highest BCUT2D eigenvalue weighted by atomic mass is 16.2. The van der Waals surface area contributed by atoms with Gasteiger partial charge < -0.3 is 14.7 Å². The number of nitrogens with zero attached hydrogens (tertiary/aromatic N) is 5. The zero-order chi connectivity index (χ0) is 21.5. The van der Waals surface area contributed by atoms with Crippen LogP contribution in [0.4, 0.5) is 0 Å². The van der Waals surface area contributed by atoms with Crippen LogP contribution in [0, 0.1) is 5.92 Å². The first kappa shape index (κ1) is 22.0. The lowest BCUT2D eigenvalue weighted by Gasteiger charge is -2.33. The van der Waals surface area contributed by atoms with Crippen LogP contribution in [0.2, 0.25) is 0 Å². The van der Waals surface area contributed by atoms with Gasteiger partial charge in [0.25, 0.3) is 0 Å². The maximum atomic E-state index is 13.5. The number of rotatable bonds is 8. The van der Waals surface area contributed by atoms with E-state index >= 15 is 0 Å². The van der Waals surface area contributed by atoms with Crippen molar-refractivity contribution in [1.29, 1.82) is 0 Å². The summed E-state index contributed by atoms with van der Waals surface area (Å²) in [4.78, 5) is 20.5. The predicted molar refractivity (Wildman–Crippen MR) is 124 cm³/mol. The Hall–Kier alpha value is -2.18. The predicted octanol–water partition coefficient (Wildman–Crippen LogP) is 3.42. The molecule has 0 unspecified atom stereocenters. The summed E-state index contributed by atoms with van der Waals surface area (Å²) in [5.74, 6) is 0.546. The van der Waals surface area contributed by atoms with Gasteiger partial charge in [-0.25, -0.2) is 4.68 Å². The topological polar surface area (TPSA) is 44.6 Å². The molecule has 1 aliphatic heterocycles. The lowest BCUT2D eigenvalue weighted by Crippen LogP contribution is -2.45. The molecule has 1 aliphatic carbocycles. The van der Waals surface area contributed by atoms with Crippen molar-refractivity contribution in [3.05, 3.63) is 48.3 Å². The highest BCUT2D eigenvalue weighted by Crippen LogP contribution is 2.26. The molecule has 0 radical (unpaired) electrons. The molecule has 1 saturated carbocycles. The maximum absolute atomic E-state index is 13.5. The van der Waals surface area contributed by atoms with E-state index in [1.165, 1.54) is 19.3 Å². The molecule has 2 heterocycles. The number of carbonyl (C=O) groups excluding carboxylic acids is 1. The van der Waals surface area contributed by atoms with E-state index in [-0.39, 0.29) is 5.92 Å². The lowest BCUT2D eigenvalue weighted by atomic mass is 9.88. The van der Waals surface area contributed by atoms with Crippen LogP contribution in [0.1, 0.15) is 44.2 Å². The number of benzene rings is 1. The summed E-state index contributed by atoms with van der Waals surface area (Å²) in [7, 11) is 2.19. The van der Waals surface area contributed by atoms with Gasteiger partial charge in [0.15, 0.2) is 0 Å². The number of hydrogen-bond acceptors (Lipinski definition) is 4. The van der Waals surface area contributed by atoms with Crippen LogP contribution in [-0.2, 0) is 11.3 Å². The SMILES string of the molecule is CN1CCN(CCCN(Cc2ccnn2-c2ccccc2)C(=O)C2CCCCC2)CC1. The normalized spacial score (nSPS) is 18.9. The molecule has 2 aliphatic rings. The Bertz CT molecular complexity index is 806. The number of piperazine rings is 1. The van der Waals surface area contributed by atoms with Gasteiger partial charge in [-0.3, -0.25) is 4.79 Å². The Morgan fingerprint density at radius 1 is 1.03 bits per heavy atom. The fraction of sp³-hybridized carbons (Fsp3) is 0.600. The molecule has 31 heavy (non-hydrogen) atoms. The molecule has 6 heteroatoms. The quantitative estimate of drug-likeness (QED) is 0.653. The third-order valence-corrected chi connectivity index (χ3v) is 6.84. The van der Waals surface area contributed by atoms with E-state index in [2.05, 4.69) is 45.0 Å². The lowest BCUT2D eigenvalue weighted by molar-refractivity contribution is -0.137. The van der Waals surface area contributed by atoms with Crippen molar-refractivity contribution in [2.45, 2.75) is 45.1 Å². The third kappa shape index (κ3) is 5.95. The van der Waals surface area contributed by atoms with E-state index in [4.69, 9.17) is 0 Å². The molecule has 1 aromatic heterocycles. The summed E-state index contributed by atoms with van der Waals surface area (Å²) in [6.07, 6.45) is 8.61. The smallest absolute Gasteiger partial charge is 0.226 e. The Balaban J connectivity index is 1.42. The first-order valence-corrected chi connectivity index (χ1v) is 12.0. The average molecular weight is 424 g/mol. The summed E-state index contributed by atoms with van der Waals surface area (Å²) >= 11 is 0. The van der Waals surface area contributed by atoms with E-state index in [1.807, 2.05) is 29.1 Å². The Kier molecular flexibility index (Phi) is 7.76. The highest BCUT2D eigenvalue weighted by molar-refractivity contribution is 5.78. The summed E-state index contributed by atoms with van der Waals surface area (Å²) in [6.45, 7) is 7.07. The largest absolute Gasteiger partial charge is 0.337 e. The van der Waals surface area contributed by atoms with E-state index < -0.39 is 0 Å². The zero-order valence-electron chi connectivity index (χ0n) is 19.0. The molecule has 0 spiro atoms. The first-order valence-electron chi connectivity index (χ1n) is 12.0. The third-order valence-electron chi connectivity index (χ3n) is 6.84. The monoisotopic (exact) mass is 423 g/mol. The van der Waals surface area contributed by atoms with Crippen molar-refractivity contribution in [2.24, 2.45) is 5.92 Å². The van der Waals surface area contributed by atoms with Crippen molar-refractivity contribution in [3.8, 4) is 5.69 Å². The fourth-order valence-electron chi connectivity index (χ4n) is 4.88. The molecule has 6 nitrogen and oxygen atoms in total. The van der Waals surface area contributed by atoms with E-state index in [9.17, 15) is 4.79 Å². The summed E-state index contributed by atoms with van der Waals surface area (Å²) in [5, 5.41) is 4.54. The van der Waals surface area contributed by atoms with Crippen LogP contribution in [0.3, 0.4) is 0 Å². The number of carbonyl (C=O) groups is 1. The molecular weight excluding hydrogens is 386 g/mol. The van der Waals surface area contributed by atoms with Gasteiger partial charge in [0.2, 0.25) is 5.91 Å². The van der Waals surface area contributed by atoms with E-state index in [0.717, 1.165) is 69.9 Å². The molecule has 1 aromatic carbocycles. The minimum Gasteiger partial charge on any atom is -0.337 e. The molecule has 1 amide bonds. The second-order valence-electron chi connectivity index (χ2n) is 9.16. The van der Waals surface area contributed by atoms with Gasteiger partial charge in [0, 0.05) is 44.8 Å². The summed E-state index contributed by atoms with van der Waals surface area (Å²) in [6, 6.07) is 12.3. The van der Waals surface area contributed by atoms with Crippen molar-refractivity contribution in [1.82, 2.24) is 24.5 Å². The Morgan fingerprint density at radius 3 is 2.52 bits per heavy atom. The van der Waals surface area contributed by atoms with E-state index in [0.29, 0.717) is 12.5 Å². The molecule has 4 rings (SSSR count). The average Bonchev–Trinajstić information content (AvgIpc) is 3.28. The van der Waals surface area contributed by atoms with Crippen molar-refractivity contribution >= 4 is 5.91 Å². The molecule has 0 N–H and O–H groups in total. The standard InChI is InChI=1S/C25H37N5O/c1-27-17-19-28(20-18-27)15-8-16-29(25(31)22-9-4-2-5-10-22)21-24-13-14-26-30(24)23-11-6-3-7-12-23/h3,6-7,11-14,22H,2,4-5,8-10,15-21H2,1H3. The summed E-state index contributed by atoms with van der Waals surface area (Å²) in [5.41, 5.74) is 2.12. The van der Waals surface area contributed by atoms with E-state index in [1.54, 1.807) is 0 Å². The van der Waals surface area contributed by atoms with Gasteiger partial charge in [-0.05, 0) is 51.1 Å². The van der Waals surface area contributed by atoms with Gasteiger partial charge in [-0.2, -0.15) is 5.10 Å². The molecule has 0 atom stereocenters. The van der Waals surface area contributed by atoms with Crippen LogP contribution in [0.25, 0.3) is 5.69 Å². The van der Waals surface area contributed by atoms with Gasteiger partial charge in [0.05, 0.1) is 17.9 Å². The Labute approximate surface area is 186 Å². The van der Waals surface area contributed by atoms with Crippen molar-refractivity contribution in [2.75, 3.05) is 46.3 Å². The Morgan fingerprint density at radius 2 is 1.77 bits per heavy atom. The molecule has 2 fully saturated rings. The molecule has 0 bridgehead atoms. The summed E-state index contributed by atoms with van der Waals surface area (Å²) < 4.78 is 1.97. The number of amides is 1. The fourth-order valence-corrected chi connectivity index (χ4v) is 4.88. The second kappa shape index (κ2) is 10.9. The second-order valence-corrected chi connectivity index (χ2v) is 9.16. The van der Waals surface area contributed by atoms with Crippen molar-refractivity contribution < 1.29 is 4.79 Å². The van der Waals surface area contributed by atoms with Crippen molar-refractivity contribution in [3.63, 3.8) is 0 Å². The van der Waals surface area contributed by atoms with Crippen LogP contribution < -0.4 is 0 Å². The molecular formula is C25H37N5O. The molecule has 2 aromatic rings. The van der Waals surface area contributed by atoms with Gasteiger partial charge >= 0.3 is 0 Å². The van der Waals surface area contributed by atoms with Crippen LogP contribution >= 0.6 is 0 Å². The number of hydrogen-bond donors (Lipinski definition) is 0. The zero-order valence-corrected chi connectivity index (χ0v) is 19.0. The first-order chi connectivity index (χ1) is 15.2. The van der Waals surface area contributed by atoms with Gasteiger partial charge in [-0.1, -0.05) is 37.5 Å².